The first kappa shape index (κ1) is 23.3. The number of benzene rings is 3. The molecule has 32 heavy (non-hydrogen) atoms. The van der Waals surface area contributed by atoms with Gasteiger partial charge in [0.05, 0.1) is 0 Å². The molecule has 1 atom stereocenters. The average molecular weight is 430 g/mol. The third-order valence-electron chi connectivity index (χ3n) is 5.12. The van der Waals surface area contributed by atoms with Crippen molar-refractivity contribution in [2.75, 3.05) is 27.2 Å². The van der Waals surface area contributed by atoms with Crippen LogP contribution < -0.4 is 4.74 Å². The maximum atomic E-state index is 11.8. The van der Waals surface area contributed by atoms with Gasteiger partial charge in [0.25, 0.3) is 0 Å². The fourth-order valence-electron chi connectivity index (χ4n) is 3.65. The molecular formula is C28H31NO3. The van der Waals surface area contributed by atoms with Crippen LogP contribution in [0.3, 0.4) is 0 Å². The fourth-order valence-corrected chi connectivity index (χ4v) is 3.65. The van der Waals surface area contributed by atoms with Gasteiger partial charge in [0.1, 0.15) is 18.5 Å². The summed E-state index contributed by atoms with van der Waals surface area (Å²) in [4.78, 5) is 13.9. The molecule has 0 amide bonds. The van der Waals surface area contributed by atoms with Crippen molar-refractivity contribution in [3.63, 3.8) is 0 Å². The second-order valence-electron chi connectivity index (χ2n) is 7.95. The van der Waals surface area contributed by atoms with E-state index in [1.165, 1.54) is 6.92 Å². The SMILES string of the molecule is CC(=O)OC(C)/C(=C(\c1ccccc1)c1ccc(OCCN(C)C)cc1)c1ccccc1. The number of carbonyl (C=O) groups excluding carboxylic acids is 1. The fraction of sp³-hybridized carbons (Fsp3) is 0.250. The minimum absolute atomic E-state index is 0.303. The maximum absolute atomic E-state index is 11.8. The van der Waals surface area contributed by atoms with Gasteiger partial charge in [0.2, 0.25) is 0 Å². The van der Waals surface area contributed by atoms with E-state index in [4.69, 9.17) is 9.47 Å². The van der Waals surface area contributed by atoms with Gasteiger partial charge in [0, 0.05) is 19.0 Å². The highest BCUT2D eigenvalue weighted by Crippen LogP contribution is 2.36. The Labute approximate surface area is 191 Å². The van der Waals surface area contributed by atoms with Gasteiger partial charge in [-0.2, -0.15) is 0 Å². The number of nitrogens with zero attached hydrogens (tertiary/aromatic N) is 1. The second kappa shape index (κ2) is 11.3. The predicted molar refractivity (Wildman–Crippen MR) is 131 cm³/mol. The topological polar surface area (TPSA) is 38.8 Å². The largest absolute Gasteiger partial charge is 0.492 e. The van der Waals surface area contributed by atoms with Crippen molar-refractivity contribution in [3.05, 3.63) is 102 Å². The van der Waals surface area contributed by atoms with Gasteiger partial charge in [-0.1, -0.05) is 72.8 Å². The molecule has 166 valence electrons. The smallest absolute Gasteiger partial charge is 0.303 e. The normalized spacial score (nSPS) is 12.8. The van der Waals surface area contributed by atoms with Gasteiger partial charge in [-0.25, -0.2) is 0 Å². The number of ether oxygens (including phenoxy) is 2. The Morgan fingerprint density at radius 3 is 1.88 bits per heavy atom. The summed E-state index contributed by atoms with van der Waals surface area (Å²) >= 11 is 0. The zero-order chi connectivity index (χ0) is 22.9. The summed E-state index contributed by atoms with van der Waals surface area (Å²) < 4.78 is 11.5. The summed E-state index contributed by atoms with van der Waals surface area (Å²) in [5, 5.41) is 0. The second-order valence-corrected chi connectivity index (χ2v) is 7.95. The Morgan fingerprint density at radius 1 is 0.812 bits per heavy atom. The van der Waals surface area contributed by atoms with Gasteiger partial charge in [0.15, 0.2) is 0 Å². The van der Waals surface area contributed by atoms with E-state index in [1.807, 2.05) is 69.6 Å². The van der Waals surface area contributed by atoms with Crippen LogP contribution in [-0.4, -0.2) is 44.2 Å². The Hall–Kier alpha value is -3.37. The van der Waals surface area contributed by atoms with Crippen LogP contribution in [-0.2, 0) is 9.53 Å². The van der Waals surface area contributed by atoms with Gasteiger partial charge in [-0.3, -0.25) is 4.79 Å². The monoisotopic (exact) mass is 429 g/mol. The van der Waals surface area contributed by atoms with E-state index in [9.17, 15) is 4.79 Å². The Bertz CT molecular complexity index is 1030. The zero-order valence-electron chi connectivity index (χ0n) is 19.2. The Balaban J connectivity index is 2.11. The molecule has 3 rings (SSSR count). The van der Waals surface area contributed by atoms with Crippen molar-refractivity contribution in [2.45, 2.75) is 20.0 Å². The summed E-state index contributed by atoms with van der Waals surface area (Å²) in [7, 11) is 4.05. The molecule has 3 aromatic rings. The number of likely N-dealkylation sites (N-methyl/N-ethyl adjacent to an activating group) is 1. The van der Waals surface area contributed by atoms with E-state index in [0.717, 1.165) is 40.1 Å². The molecule has 4 heteroatoms. The standard InChI is InChI=1S/C28H31NO3/c1-21(32-22(2)30)27(23-11-7-5-8-12-23)28(24-13-9-6-10-14-24)25-15-17-26(18-16-25)31-20-19-29(3)4/h5-18,21H,19-20H2,1-4H3/b28-27-. The highest BCUT2D eigenvalue weighted by atomic mass is 16.5. The van der Waals surface area contributed by atoms with Crippen molar-refractivity contribution in [1.82, 2.24) is 4.90 Å². The first-order valence-corrected chi connectivity index (χ1v) is 10.9. The molecule has 3 aromatic carbocycles. The van der Waals surface area contributed by atoms with Crippen molar-refractivity contribution in [2.24, 2.45) is 0 Å². The molecule has 0 aliphatic carbocycles. The van der Waals surface area contributed by atoms with Crippen molar-refractivity contribution >= 4 is 17.1 Å². The summed E-state index contributed by atoms with van der Waals surface area (Å²) in [6.07, 6.45) is -0.416. The number of carbonyl (C=O) groups is 1. The molecular weight excluding hydrogens is 398 g/mol. The molecule has 1 unspecified atom stereocenters. The summed E-state index contributed by atoms with van der Waals surface area (Å²) in [6.45, 7) is 4.86. The molecule has 0 saturated heterocycles. The van der Waals surface area contributed by atoms with Crippen LogP contribution in [0.15, 0.2) is 84.9 Å². The molecule has 0 bridgehead atoms. The maximum Gasteiger partial charge on any atom is 0.303 e. The lowest BCUT2D eigenvalue weighted by Crippen LogP contribution is -2.19. The van der Waals surface area contributed by atoms with Gasteiger partial charge < -0.3 is 14.4 Å². The van der Waals surface area contributed by atoms with Crippen LogP contribution in [0.4, 0.5) is 0 Å². The lowest BCUT2D eigenvalue weighted by molar-refractivity contribution is -0.142. The van der Waals surface area contributed by atoms with Gasteiger partial charge in [-0.05, 0) is 55.4 Å². The minimum atomic E-state index is -0.416. The highest BCUT2D eigenvalue weighted by Gasteiger charge is 2.21. The molecule has 0 N–H and O–H groups in total. The summed E-state index contributed by atoms with van der Waals surface area (Å²) in [6, 6.07) is 28.4. The van der Waals surface area contributed by atoms with Crippen LogP contribution in [0.5, 0.6) is 5.75 Å². The average Bonchev–Trinajstić information content (AvgIpc) is 2.78. The first-order valence-electron chi connectivity index (χ1n) is 10.9. The number of hydrogen-bond donors (Lipinski definition) is 0. The third-order valence-corrected chi connectivity index (χ3v) is 5.12. The van der Waals surface area contributed by atoms with E-state index in [-0.39, 0.29) is 5.97 Å². The zero-order valence-corrected chi connectivity index (χ0v) is 19.2. The Kier molecular flexibility index (Phi) is 8.23. The van der Waals surface area contributed by atoms with Crippen LogP contribution in [0.25, 0.3) is 11.1 Å². The molecule has 0 fully saturated rings. The molecule has 0 radical (unpaired) electrons. The van der Waals surface area contributed by atoms with E-state index < -0.39 is 6.10 Å². The Morgan fingerprint density at radius 2 is 1.34 bits per heavy atom. The lowest BCUT2D eigenvalue weighted by atomic mass is 9.87. The van der Waals surface area contributed by atoms with Crippen LogP contribution in [0.2, 0.25) is 0 Å². The van der Waals surface area contributed by atoms with Crippen LogP contribution in [0, 0.1) is 0 Å². The van der Waals surface area contributed by atoms with Crippen LogP contribution in [0.1, 0.15) is 30.5 Å². The van der Waals surface area contributed by atoms with E-state index >= 15 is 0 Å². The highest BCUT2D eigenvalue weighted by molar-refractivity contribution is 6.00. The third kappa shape index (κ3) is 6.32. The number of hydrogen-bond acceptors (Lipinski definition) is 4. The predicted octanol–water partition coefficient (Wildman–Crippen LogP) is 5.54. The molecule has 4 nitrogen and oxygen atoms in total. The quantitative estimate of drug-likeness (QED) is 0.331. The molecule has 0 spiro atoms. The van der Waals surface area contributed by atoms with Crippen molar-refractivity contribution in [1.29, 1.82) is 0 Å². The molecule has 0 saturated carbocycles. The molecule has 0 aliphatic rings. The van der Waals surface area contributed by atoms with E-state index in [2.05, 4.69) is 41.3 Å². The summed E-state index contributed by atoms with van der Waals surface area (Å²) in [5.41, 5.74) is 5.12. The summed E-state index contributed by atoms with van der Waals surface area (Å²) in [5.74, 6) is 0.528. The van der Waals surface area contributed by atoms with E-state index in [0.29, 0.717) is 6.61 Å². The molecule has 0 aromatic heterocycles. The number of esters is 1. The van der Waals surface area contributed by atoms with E-state index in [1.54, 1.807) is 0 Å². The molecule has 0 aliphatic heterocycles. The minimum Gasteiger partial charge on any atom is -0.492 e. The van der Waals surface area contributed by atoms with Crippen molar-refractivity contribution < 1.29 is 14.3 Å². The first-order chi connectivity index (χ1) is 15.5. The van der Waals surface area contributed by atoms with Crippen LogP contribution >= 0.6 is 0 Å². The lowest BCUT2D eigenvalue weighted by Gasteiger charge is -2.22. The van der Waals surface area contributed by atoms with Gasteiger partial charge >= 0.3 is 5.97 Å². The van der Waals surface area contributed by atoms with Gasteiger partial charge in [-0.15, -0.1) is 0 Å². The molecule has 0 heterocycles. The van der Waals surface area contributed by atoms with Crippen molar-refractivity contribution in [3.8, 4) is 5.75 Å². The number of rotatable bonds is 9.